The molecule has 1 aromatic heterocycles. The molecule has 0 saturated heterocycles. The van der Waals surface area contributed by atoms with Gasteiger partial charge in [0.1, 0.15) is 0 Å². The minimum atomic E-state index is 0.323. The third-order valence-electron chi connectivity index (χ3n) is 2.71. The van der Waals surface area contributed by atoms with Crippen molar-refractivity contribution < 1.29 is 5.11 Å². The minimum Gasteiger partial charge on any atom is -0.396 e. The highest BCUT2D eigenvalue weighted by Crippen LogP contribution is 2.00. The fourth-order valence-electron chi connectivity index (χ4n) is 1.71. The number of unbranched alkanes of at least 4 members (excludes halogenated alkanes) is 3. The second-order valence-electron chi connectivity index (χ2n) is 3.99. The minimum absolute atomic E-state index is 0.323. The monoisotopic (exact) mass is 225 g/mol. The van der Waals surface area contributed by atoms with Crippen molar-refractivity contribution in [2.45, 2.75) is 45.7 Å². The van der Waals surface area contributed by atoms with E-state index in [9.17, 15) is 0 Å². The average Bonchev–Trinajstić information content (AvgIpc) is 2.75. The zero-order valence-electron chi connectivity index (χ0n) is 10.2. The van der Waals surface area contributed by atoms with Gasteiger partial charge in [0.05, 0.1) is 12.0 Å². The maximum Gasteiger partial charge on any atom is 0.0948 e. The quantitative estimate of drug-likeness (QED) is 0.627. The standard InChI is InChI=1S/C12H23N3O/c1-2-15-11-14-10-12(15)9-13-7-5-3-4-6-8-16/h10-11,13,16H,2-9H2,1H3. The highest BCUT2D eigenvalue weighted by Gasteiger charge is 1.98. The summed E-state index contributed by atoms with van der Waals surface area (Å²) in [5, 5.41) is 12.0. The molecule has 0 aliphatic rings. The SMILES string of the molecule is CCn1cncc1CNCCCCCCO. The average molecular weight is 225 g/mol. The van der Waals surface area contributed by atoms with Gasteiger partial charge in [-0.2, -0.15) is 0 Å². The molecule has 4 heteroatoms. The summed E-state index contributed by atoms with van der Waals surface area (Å²) < 4.78 is 2.15. The molecule has 0 saturated carbocycles. The molecule has 0 radical (unpaired) electrons. The first-order valence-corrected chi connectivity index (χ1v) is 6.19. The Kier molecular flexibility index (Phi) is 6.85. The third kappa shape index (κ3) is 4.77. The van der Waals surface area contributed by atoms with Crippen LogP contribution in [0.2, 0.25) is 0 Å². The molecule has 4 nitrogen and oxygen atoms in total. The molecule has 1 aromatic rings. The van der Waals surface area contributed by atoms with Gasteiger partial charge in [-0.3, -0.25) is 0 Å². The molecular formula is C12H23N3O. The molecule has 92 valence electrons. The van der Waals surface area contributed by atoms with Gasteiger partial charge in [0.25, 0.3) is 0 Å². The molecule has 0 fully saturated rings. The smallest absolute Gasteiger partial charge is 0.0948 e. The van der Waals surface area contributed by atoms with Crippen LogP contribution in [0, 0.1) is 0 Å². The molecule has 2 N–H and O–H groups in total. The fraction of sp³-hybridized carbons (Fsp3) is 0.750. The summed E-state index contributed by atoms with van der Waals surface area (Å²) in [7, 11) is 0. The highest BCUT2D eigenvalue weighted by molar-refractivity contribution is 4.97. The highest BCUT2D eigenvalue weighted by atomic mass is 16.2. The Morgan fingerprint density at radius 3 is 2.88 bits per heavy atom. The van der Waals surface area contributed by atoms with Crippen molar-refractivity contribution in [3.05, 3.63) is 18.2 Å². The largest absolute Gasteiger partial charge is 0.396 e. The van der Waals surface area contributed by atoms with Crippen molar-refractivity contribution in [3.63, 3.8) is 0 Å². The number of aromatic nitrogens is 2. The van der Waals surface area contributed by atoms with Gasteiger partial charge in [-0.1, -0.05) is 12.8 Å². The maximum absolute atomic E-state index is 8.63. The second kappa shape index (κ2) is 8.30. The van der Waals surface area contributed by atoms with E-state index >= 15 is 0 Å². The zero-order valence-corrected chi connectivity index (χ0v) is 10.2. The van der Waals surface area contributed by atoms with Crippen molar-refractivity contribution in [1.29, 1.82) is 0 Å². The van der Waals surface area contributed by atoms with Gasteiger partial charge in [0, 0.05) is 25.9 Å². The second-order valence-corrected chi connectivity index (χ2v) is 3.99. The molecular weight excluding hydrogens is 202 g/mol. The lowest BCUT2D eigenvalue weighted by Gasteiger charge is -2.06. The van der Waals surface area contributed by atoms with E-state index in [-0.39, 0.29) is 0 Å². The summed E-state index contributed by atoms with van der Waals surface area (Å²) in [5.74, 6) is 0. The number of hydrogen-bond donors (Lipinski definition) is 2. The third-order valence-corrected chi connectivity index (χ3v) is 2.71. The van der Waals surface area contributed by atoms with Gasteiger partial charge in [0.15, 0.2) is 0 Å². The van der Waals surface area contributed by atoms with Gasteiger partial charge >= 0.3 is 0 Å². The Morgan fingerprint density at radius 2 is 2.12 bits per heavy atom. The number of aryl methyl sites for hydroxylation is 1. The van der Waals surface area contributed by atoms with E-state index in [1.54, 1.807) is 0 Å². The fourth-order valence-corrected chi connectivity index (χ4v) is 1.71. The number of nitrogens with zero attached hydrogens (tertiary/aromatic N) is 2. The summed E-state index contributed by atoms with van der Waals surface area (Å²) in [5.41, 5.74) is 1.25. The molecule has 0 aromatic carbocycles. The molecule has 0 atom stereocenters. The van der Waals surface area contributed by atoms with Gasteiger partial charge in [-0.05, 0) is 26.3 Å². The Bertz CT molecular complexity index is 273. The number of aliphatic hydroxyl groups is 1. The van der Waals surface area contributed by atoms with Gasteiger partial charge < -0.3 is 15.0 Å². The lowest BCUT2D eigenvalue weighted by Crippen LogP contribution is -2.17. The van der Waals surface area contributed by atoms with Crippen LogP contribution in [0.5, 0.6) is 0 Å². The van der Waals surface area contributed by atoms with Gasteiger partial charge in [0.2, 0.25) is 0 Å². The lowest BCUT2D eigenvalue weighted by atomic mass is 10.2. The van der Waals surface area contributed by atoms with Crippen LogP contribution in [0.4, 0.5) is 0 Å². The van der Waals surface area contributed by atoms with Crippen molar-refractivity contribution in [1.82, 2.24) is 14.9 Å². The maximum atomic E-state index is 8.63. The molecule has 0 aliphatic heterocycles. The molecule has 0 bridgehead atoms. The van der Waals surface area contributed by atoms with Gasteiger partial charge in [-0.15, -0.1) is 0 Å². The summed E-state index contributed by atoms with van der Waals surface area (Å²) in [6.07, 6.45) is 8.23. The zero-order chi connectivity index (χ0) is 11.6. The summed E-state index contributed by atoms with van der Waals surface area (Å²) >= 11 is 0. The van der Waals surface area contributed by atoms with Crippen LogP contribution < -0.4 is 5.32 Å². The van der Waals surface area contributed by atoms with Crippen LogP contribution >= 0.6 is 0 Å². The Labute approximate surface area is 97.7 Å². The van der Waals surface area contributed by atoms with E-state index in [2.05, 4.69) is 21.8 Å². The molecule has 1 heterocycles. The normalized spacial score (nSPS) is 10.9. The first-order chi connectivity index (χ1) is 7.88. The summed E-state index contributed by atoms with van der Waals surface area (Å²) in [4.78, 5) is 4.13. The molecule has 1 rings (SSSR count). The van der Waals surface area contributed by atoms with Crippen molar-refractivity contribution in [2.75, 3.05) is 13.2 Å². The molecule has 16 heavy (non-hydrogen) atoms. The molecule has 0 amide bonds. The predicted octanol–water partition coefficient (Wildman–Crippen LogP) is 1.55. The molecule has 0 unspecified atom stereocenters. The van der Waals surface area contributed by atoms with Gasteiger partial charge in [-0.25, -0.2) is 4.98 Å². The van der Waals surface area contributed by atoms with E-state index in [4.69, 9.17) is 5.11 Å². The Morgan fingerprint density at radius 1 is 1.31 bits per heavy atom. The first kappa shape index (κ1) is 13.2. The van der Waals surface area contributed by atoms with E-state index < -0.39 is 0 Å². The van der Waals surface area contributed by atoms with Crippen LogP contribution in [0.15, 0.2) is 12.5 Å². The topological polar surface area (TPSA) is 50.1 Å². The lowest BCUT2D eigenvalue weighted by molar-refractivity contribution is 0.282. The number of imidazole rings is 1. The van der Waals surface area contributed by atoms with E-state index in [0.717, 1.165) is 32.5 Å². The van der Waals surface area contributed by atoms with Crippen LogP contribution in [0.3, 0.4) is 0 Å². The Balaban J connectivity index is 2.03. The van der Waals surface area contributed by atoms with Crippen LogP contribution in [-0.2, 0) is 13.1 Å². The summed E-state index contributed by atoms with van der Waals surface area (Å²) in [6, 6.07) is 0. The predicted molar refractivity (Wildman–Crippen MR) is 65.2 cm³/mol. The summed E-state index contributed by atoms with van der Waals surface area (Å²) in [6.45, 7) is 5.37. The van der Waals surface area contributed by atoms with E-state index in [1.165, 1.54) is 18.5 Å². The number of aliphatic hydroxyl groups excluding tert-OH is 1. The number of rotatable bonds is 9. The molecule has 0 aliphatic carbocycles. The first-order valence-electron chi connectivity index (χ1n) is 6.19. The van der Waals surface area contributed by atoms with Crippen LogP contribution in [0.25, 0.3) is 0 Å². The van der Waals surface area contributed by atoms with Crippen molar-refractivity contribution >= 4 is 0 Å². The van der Waals surface area contributed by atoms with Crippen molar-refractivity contribution in [2.24, 2.45) is 0 Å². The van der Waals surface area contributed by atoms with Crippen molar-refractivity contribution in [3.8, 4) is 0 Å². The number of hydrogen-bond acceptors (Lipinski definition) is 3. The van der Waals surface area contributed by atoms with E-state index in [1.807, 2.05) is 12.5 Å². The number of nitrogens with one attached hydrogen (secondary N) is 1. The Hall–Kier alpha value is -0.870. The molecule has 0 spiro atoms. The van der Waals surface area contributed by atoms with Crippen LogP contribution in [0.1, 0.15) is 38.3 Å². The van der Waals surface area contributed by atoms with E-state index in [0.29, 0.717) is 6.61 Å². The van der Waals surface area contributed by atoms with Crippen LogP contribution in [-0.4, -0.2) is 27.8 Å².